The molecule has 0 saturated carbocycles. The van der Waals surface area contributed by atoms with Crippen molar-refractivity contribution in [3.63, 3.8) is 0 Å². The Morgan fingerprint density at radius 2 is 2.35 bits per heavy atom. The second-order valence-corrected chi connectivity index (χ2v) is 4.47. The molecule has 0 spiro atoms. The monoisotopic (exact) mass is 231 g/mol. The number of ether oxygens (including phenoxy) is 1. The largest absolute Gasteiger partial charge is 0.396 e. The summed E-state index contributed by atoms with van der Waals surface area (Å²) in [7, 11) is 0. The molecule has 1 aromatic carbocycles. The Labute approximate surface area is 101 Å². The first-order chi connectivity index (χ1) is 8.22. The van der Waals surface area contributed by atoms with Crippen molar-refractivity contribution in [2.24, 2.45) is 5.92 Å². The van der Waals surface area contributed by atoms with Crippen LogP contribution in [0.15, 0.2) is 18.2 Å². The summed E-state index contributed by atoms with van der Waals surface area (Å²) in [4.78, 5) is 0. The summed E-state index contributed by atoms with van der Waals surface area (Å²) in [5, 5.41) is 12.3. The predicted molar refractivity (Wildman–Crippen MR) is 67.6 cm³/mol. The Morgan fingerprint density at radius 1 is 1.53 bits per heavy atom. The Bertz CT molecular complexity index is 439. The molecule has 1 heterocycles. The van der Waals surface area contributed by atoms with Crippen LogP contribution >= 0.6 is 0 Å². The summed E-state index contributed by atoms with van der Waals surface area (Å²) in [6.45, 7) is 3.70. The molecule has 3 N–H and O–H groups in total. The number of nitriles is 1. The molecule has 0 radical (unpaired) electrons. The first-order valence-electron chi connectivity index (χ1n) is 5.85. The fourth-order valence-electron chi connectivity index (χ4n) is 2.08. The van der Waals surface area contributed by atoms with Gasteiger partial charge in [-0.15, -0.1) is 0 Å². The summed E-state index contributed by atoms with van der Waals surface area (Å²) in [5.74, 6) is 0.453. The summed E-state index contributed by atoms with van der Waals surface area (Å²) < 4.78 is 5.40. The minimum absolute atomic E-state index is 0.361. The van der Waals surface area contributed by atoms with Crippen LogP contribution in [0.1, 0.15) is 18.9 Å². The average Bonchev–Trinajstić information content (AvgIpc) is 2.34. The van der Waals surface area contributed by atoms with Gasteiger partial charge < -0.3 is 15.8 Å². The summed E-state index contributed by atoms with van der Waals surface area (Å²) >= 11 is 0. The lowest BCUT2D eigenvalue weighted by Crippen LogP contribution is -2.36. The zero-order valence-corrected chi connectivity index (χ0v) is 9.94. The van der Waals surface area contributed by atoms with Gasteiger partial charge in [0, 0.05) is 12.6 Å². The zero-order valence-electron chi connectivity index (χ0n) is 9.94. The van der Waals surface area contributed by atoms with E-state index in [1.165, 1.54) is 0 Å². The maximum absolute atomic E-state index is 8.92. The quantitative estimate of drug-likeness (QED) is 0.763. The van der Waals surface area contributed by atoms with Gasteiger partial charge in [0.25, 0.3) is 0 Å². The highest BCUT2D eigenvalue weighted by Gasteiger charge is 2.22. The molecule has 4 nitrogen and oxygen atoms in total. The van der Waals surface area contributed by atoms with E-state index in [1.54, 1.807) is 6.07 Å². The van der Waals surface area contributed by atoms with Crippen molar-refractivity contribution in [2.75, 3.05) is 24.3 Å². The predicted octanol–water partition coefficient (Wildman–Crippen LogP) is 1.98. The number of nitrogens with zero attached hydrogens (tertiary/aromatic N) is 1. The molecule has 1 saturated heterocycles. The molecule has 2 unspecified atom stereocenters. The fourth-order valence-corrected chi connectivity index (χ4v) is 2.08. The number of rotatable bonds is 2. The van der Waals surface area contributed by atoms with E-state index in [0.29, 0.717) is 23.2 Å². The number of nitrogens with one attached hydrogen (secondary N) is 1. The lowest BCUT2D eigenvalue weighted by atomic mass is 9.97. The van der Waals surface area contributed by atoms with E-state index in [-0.39, 0.29) is 0 Å². The minimum Gasteiger partial charge on any atom is -0.396 e. The van der Waals surface area contributed by atoms with Crippen LogP contribution in [0.4, 0.5) is 11.4 Å². The van der Waals surface area contributed by atoms with Crippen molar-refractivity contribution < 1.29 is 4.74 Å². The molecule has 0 aromatic heterocycles. The van der Waals surface area contributed by atoms with Crippen LogP contribution in [-0.2, 0) is 4.74 Å². The van der Waals surface area contributed by atoms with E-state index in [9.17, 15) is 0 Å². The van der Waals surface area contributed by atoms with Gasteiger partial charge in [0.2, 0.25) is 0 Å². The second-order valence-electron chi connectivity index (χ2n) is 4.47. The SMILES string of the molecule is CC1COCCC1Nc1cccc(C#N)c1N. The second kappa shape index (κ2) is 5.07. The van der Waals surface area contributed by atoms with Gasteiger partial charge in [-0.2, -0.15) is 5.26 Å². The van der Waals surface area contributed by atoms with Gasteiger partial charge in [-0.3, -0.25) is 0 Å². The molecule has 0 amide bonds. The Balaban J connectivity index is 2.16. The van der Waals surface area contributed by atoms with Crippen molar-refractivity contribution >= 4 is 11.4 Å². The summed E-state index contributed by atoms with van der Waals surface area (Å²) in [6, 6.07) is 7.95. The molecule has 2 rings (SSSR count). The molecular weight excluding hydrogens is 214 g/mol. The van der Waals surface area contributed by atoms with Crippen molar-refractivity contribution in [1.29, 1.82) is 5.26 Å². The molecule has 1 aromatic rings. The first kappa shape index (κ1) is 11.7. The smallest absolute Gasteiger partial charge is 0.101 e. The van der Waals surface area contributed by atoms with Crippen LogP contribution in [0.3, 0.4) is 0 Å². The Hall–Kier alpha value is -1.73. The van der Waals surface area contributed by atoms with Gasteiger partial charge in [-0.1, -0.05) is 13.0 Å². The number of nitrogens with two attached hydrogens (primary N) is 1. The van der Waals surface area contributed by atoms with E-state index < -0.39 is 0 Å². The molecule has 17 heavy (non-hydrogen) atoms. The summed E-state index contributed by atoms with van der Waals surface area (Å²) in [6.07, 6.45) is 0.970. The van der Waals surface area contributed by atoms with E-state index >= 15 is 0 Å². The van der Waals surface area contributed by atoms with Crippen molar-refractivity contribution in [3.8, 4) is 6.07 Å². The Kier molecular flexibility index (Phi) is 3.50. The number of anilines is 2. The molecular formula is C13H17N3O. The molecule has 2 atom stereocenters. The maximum atomic E-state index is 8.92. The maximum Gasteiger partial charge on any atom is 0.101 e. The lowest BCUT2D eigenvalue weighted by molar-refractivity contribution is 0.0538. The normalized spacial score (nSPS) is 24.0. The van der Waals surface area contributed by atoms with Crippen LogP contribution in [0, 0.1) is 17.2 Å². The number of nitrogen functional groups attached to an aromatic ring is 1. The molecule has 1 aliphatic heterocycles. The van der Waals surface area contributed by atoms with Gasteiger partial charge in [-0.05, 0) is 24.5 Å². The molecule has 0 aliphatic carbocycles. The van der Waals surface area contributed by atoms with Gasteiger partial charge >= 0.3 is 0 Å². The Morgan fingerprint density at radius 3 is 3.06 bits per heavy atom. The molecule has 1 aliphatic rings. The van der Waals surface area contributed by atoms with Gasteiger partial charge in [0.1, 0.15) is 6.07 Å². The van der Waals surface area contributed by atoms with Gasteiger partial charge in [0.05, 0.1) is 23.5 Å². The topological polar surface area (TPSA) is 71.1 Å². The van der Waals surface area contributed by atoms with Gasteiger partial charge in [0.15, 0.2) is 0 Å². The highest BCUT2D eigenvalue weighted by molar-refractivity contribution is 5.73. The van der Waals surface area contributed by atoms with Crippen molar-refractivity contribution in [1.82, 2.24) is 0 Å². The number of hydrogen-bond donors (Lipinski definition) is 2. The van der Waals surface area contributed by atoms with E-state index in [0.717, 1.165) is 25.3 Å². The van der Waals surface area contributed by atoms with E-state index in [2.05, 4.69) is 18.3 Å². The van der Waals surface area contributed by atoms with Crippen molar-refractivity contribution in [2.45, 2.75) is 19.4 Å². The molecule has 1 fully saturated rings. The van der Waals surface area contributed by atoms with Crippen LogP contribution in [0.2, 0.25) is 0 Å². The van der Waals surface area contributed by atoms with Crippen LogP contribution in [0.5, 0.6) is 0 Å². The first-order valence-corrected chi connectivity index (χ1v) is 5.85. The van der Waals surface area contributed by atoms with Crippen molar-refractivity contribution in [3.05, 3.63) is 23.8 Å². The molecule has 4 heteroatoms. The summed E-state index contributed by atoms with van der Waals surface area (Å²) in [5.41, 5.74) is 7.85. The highest BCUT2D eigenvalue weighted by Crippen LogP contribution is 2.26. The highest BCUT2D eigenvalue weighted by atomic mass is 16.5. The third-order valence-corrected chi connectivity index (χ3v) is 3.21. The fraction of sp³-hybridized carbons (Fsp3) is 0.462. The molecule has 0 bridgehead atoms. The third-order valence-electron chi connectivity index (χ3n) is 3.21. The molecule has 90 valence electrons. The minimum atomic E-state index is 0.361. The standard InChI is InChI=1S/C13H17N3O/c1-9-8-17-6-5-11(9)16-12-4-2-3-10(7-14)13(12)15/h2-4,9,11,16H,5-6,8,15H2,1H3. The number of hydrogen-bond acceptors (Lipinski definition) is 4. The number of benzene rings is 1. The zero-order chi connectivity index (χ0) is 12.3. The third kappa shape index (κ3) is 2.51. The van der Waals surface area contributed by atoms with Crippen LogP contribution < -0.4 is 11.1 Å². The van der Waals surface area contributed by atoms with Gasteiger partial charge in [-0.25, -0.2) is 0 Å². The van der Waals surface area contributed by atoms with Crippen LogP contribution in [0.25, 0.3) is 0 Å². The van der Waals surface area contributed by atoms with Crippen LogP contribution in [-0.4, -0.2) is 19.3 Å². The van der Waals surface area contributed by atoms with E-state index in [4.69, 9.17) is 15.7 Å². The lowest BCUT2D eigenvalue weighted by Gasteiger charge is -2.30. The average molecular weight is 231 g/mol. The number of para-hydroxylation sites is 1. The van der Waals surface area contributed by atoms with E-state index in [1.807, 2.05) is 12.1 Å².